The lowest BCUT2D eigenvalue weighted by atomic mass is 10.1. The lowest BCUT2D eigenvalue weighted by Crippen LogP contribution is -2.47. The van der Waals surface area contributed by atoms with Gasteiger partial charge in [0.15, 0.2) is 0 Å². The van der Waals surface area contributed by atoms with E-state index in [9.17, 15) is 26.3 Å². The Morgan fingerprint density at radius 2 is 1.49 bits per heavy atom. The van der Waals surface area contributed by atoms with Crippen molar-refractivity contribution < 1.29 is 26.3 Å². The molecule has 1 aliphatic rings. The third-order valence-corrected chi connectivity index (χ3v) is 6.16. The normalized spacial score (nSPS) is 15.2. The van der Waals surface area contributed by atoms with E-state index in [0.717, 1.165) is 23.8 Å². The predicted octanol–water partition coefficient (Wildman–Crippen LogP) is 6.49. The van der Waals surface area contributed by atoms with E-state index >= 15 is 0 Å². The lowest BCUT2D eigenvalue weighted by Gasteiger charge is -2.36. The Bertz CT molecular complexity index is 1420. The molecule has 37 heavy (non-hydrogen) atoms. The fourth-order valence-electron chi connectivity index (χ4n) is 4.32. The van der Waals surface area contributed by atoms with Crippen molar-refractivity contribution in [2.45, 2.75) is 12.4 Å². The number of hydrogen-bond donors (Lipinski definition) is 1. The van der Waals surface area contributed by atoms with Crippen molar-refractivity contribution in [1.29, 1.82) is 0 Å². The molecule has 0 spiro atoms. The molecule has 1 fully saturated rings. The number of aromatic amines is 1. The number of pyridine rings is 1. The summed E-state index contributed by atoms with van der Waals surface area (Å²) < 4.78 is 81.0. The Kier molecular flexibility index (Phi) is 6.30. The number of aromatic nitrogens is 3. The Morgan fingerprint density at radius 1 is 0.784 bits per heavy atom. The molecule has 5 nitrogen and oxygen atoms in total. The third kappa shape index (κ3) is 5.25. The topological polar surface area (TPSA) is 48.1 Å². The first-order valence-corrected chi connectivity index (χ1v) is 11.5. The number of fused-ring (bicyclic) bond motifs is 1. The van der Waals surface area contributed by atoms with Gasteiger partial charge in [0.25, 0.3) is 0 Å². The molecule has 4 aromatic rings. The summed E-state index contributed by atoms with van der Waals surface area (Å²) in [6, 6.07) is 13.5. The van der Waals surface area contributed by atoms with Gasteiger partial charge in [-0.1, -0.05) is 42.5 Å². The fraction of sp³-hybridized carbons (Fsp3) is 0.231. The molecule has 1 N–H and O–H groups in total. The summed E-state index contributed by atoms with van der Waals surface area (Å²) in [6.45, 7) is 1.11. The second kappa shape index (κ2) is 9.45. The molecule has 0 saturated carbocycles. The Balaban J connectivity index is 1.43. The van der Waals surface area contributed by atoms with E-state index in [1.807, 2.05) is 35.2 Å². The van der Waals surface area contributed by atoms with Crippen LogP contribution in [0.2, 0.25) is 0 Å². The molecular weight excluding hydrogens is 496 g/mol. The van der Waals surface area contributed by atoms with Gasteiger partial charge in [0.2, 0.25) is 5.95 Å². The average Bonchev–Trinajstić information content (AvgIpc) is 3.31. The molecule has 0 amide bonds. The minimum absolute atomic E-state index is 0.137. The molecule has 5 rings (SSSR count). The van der Waals surface area contributed by atoms with E-state index in [1.165, 1.54) is 12.3 Å². The number of nitrogens with one attached hydrogen (secondary N) is 1. The number of anilines is 2. The van der Waals surface area contributed by atoms with Crippen LogP contribution in [0.4, 0.5) is 38.1 Å². The minimum atomic E-state index is -4.55. The maximum atomic E-state index is 13.6. The fourth-order valence-corrected chi connectivity index (χ4v) is 4.32. The van der Waals surface area contributed by atoms with Gasteiger partial charge >= 0.3 is 12.4 Å². The first-order chi connectivity index (χ1) is 17.6. The van der Waals surface area contributed by atoms with Crippen LogP contribution in [0.3, 0.4) is 0 Å². The van der Waals surface area contributed by atoms with Gasteiger partial charge in [-0.3, -0.25) is 0 Å². The van der Waals surface area contributed by atoms with Crippen molar-refractivity contribution in [3.05, 3.63) is 83.0 Å². The van der Waals surface area contributed by atoms with Gasteiger partial charge in [-0.2, -0.15) is 26.3 Å². The second-order valence-corrected chi connectivity index (χ2v) is 8.61. The number of halogens is 6. The Morgan fingerprint density at radius 3 is 2.16 bits per heavy atom. The summed E-state index contributed by atoms with van der Waals surface area (Å²) in [5.74, 6) is 0.225. The zero-order chi connectivity index (χ0) is 26.2. The number of rotatable bonds is 4. The molecule has 0 aliphatic carbocycles. The number of imidazole rings is 1. The summed E-state index contributed by atoms with van der Waals surface area (Å²) >= 11 is 0. The molecule has 2 aromatic heterocycles. The number of piperazine rings is 1. The Labute approximate surface area is 208 Å². The molecule has 0 radical (unpaired) electrons. The molecule has 0 bridgehead atoms. The highest BCUT2D eigenvalue weighted by Gasteiger charge is 2.36. The minimum Gasteiger partial charge on any atom is -0.353 e. The summed E-state index contributed by atoms with van der Waals surface area (Å²) in [5, 5.41) is 0. The van der Waals surface area contributed by atoms with Gasteiger partial charge in [0.1, 0.15) is 5.82 Å². The van der Waals surface area contributed by atoms with Crippen LogP contribution in [-0.2, 0) is 12.4 Å². The summed E-state index contributed by atoms with van der Waals surface area (Å²) in [6.07, 6.45) is -4.43. The van der Waals surface area contributed by atoms with Crippen LogP contribution in [0, 0.1) is 0 Å². The van der Waals surface area contributed by atoms with Crippen molar-refractivity contribution in [2.75, 3.05) is 36.0 Å². The van der Waals surface area contributed by atoms with Crippen LogP contribution >= 0.6 is 0 Å². The van der Waals surface area contributed by atoms with E-state index in [-0.39, 0.29) is 24.4 Å². The molecule has 11 heteroatoms. The first-order valence-electron chi connectivity index (χ1n) is 11.5. The number of nitrogens with zero attached hydrogens (tertiary/aromatic N) is 4. The monoisotopic (exact) mass is 517 g/mol. The molecule has 3 heterocycles. The van der Waals surface area contributed by atoms with Crippen LogP contribution in [0.15, 0.2) is 60.8 Å². The van der Waals surface area contributed by atoms with E-state index < -0.39 is 23.5 Å². The highest BCUT2D eigenvalue weighted by Crippen LogP contribution is 2.36. The molecule has 1 saturated heterocycles. The zero-order valence-electron chi connectivity index (χ0n) is 19.3. The van der Waals surface area contributed by atoms with Gasteiger partial charge in [0, 0.05) is 37.9 Å². The van der Waals surface area contributed by atoms with E-state index in [0.29, 0.717) is 30.1 Å². The SMILES string of the molecule is FC(F)(F)c1cc(C=Cc2ccccc2)c2[nH]c(N3CCN(c4ncccc4C(F)(F)F)CC3)nc2c1. The first kappa shape index (κ1) is 24.7. The molecular formula is C26H21F6N5. The molecule has 0 unspecified atom stereocenters. The van der Waals surface area contributed by atoms with Crippen molar-refractivity contribution in [2.24, 2.45) is 0 Å². The highest BCUT2D eigenvalue weighted by molar-refractivity contribution is 5.90. The van der Waals surface area contributed by atoms with Gasteiger partial charge in [-0.15, -0.1) is 0 Å². The lowest BCUT2D eigenvalue weighted by molar-refractivity contribution is -0.138. The zero-order valence-corrected chi connectivity index (χ0v) is 19.3. The van der Waals surface area contributed by atoms with Crippen molar-refractivity contribution in [3.63, 3.8) is 0 Å². The van der Waals surface area contributed by atoms with Gasteiger partial charge < -0.3 is 14.8 Å². The van der Waals surface area contributed by atoms with Gasteiger partial charge in [-0.25, -0.2) is 9.97 Å². The quantitative estimate of drug-likeness (QED) is 0.248. The summed E-state index contributed by atoms with van der Waals surface area (Å²) in [7, 11) is 0. The molecule has 0 atom stereocenters. The van der Waals surface area contributed by atoms with E-state index in [4.69, 9.17) is 0 Å². The number of alkyl halides is 6. The average molecular weight is 517 g/mol. The van der Waals surface area contributed by atoms with Crippen molar-refractivity contribution >= 4 is 35.0 Å². The highest BCUT2D eigenvalue weighted by atomic mass is 19.4. The number of H-pyrrole nitrogens is 1. The van der Waals surface area contributed by atoms with Crippen molar-refractivity contribution in [3.8, 4) is 0 Å². The second-order valence-electron chi connectivity index (χ2n) is 8.61. The predicted molar refractivity (Wildman–Crippen MR) is 130 cm³/mol. The third-order valence-electron chi connectivity index (χ3n) is 6.16. The van der Waals surface area contributed by atoms with Gasteiger partial charge in [-0.05, 0) is 29.8 Å². The van der Waals surface area contributed by atoms with E-state index in [1.54, 1.807) is 17.1 Å². The number of hydrogen-bond acceptors (Lipinski definition) is 4. The van der Waals surface area contributed by atoms with Crippen LogP contribution in [0.25, 0.3) is 23.2 Å². The largest absolute Gasteiger partial charge is 0.419 e. The smallest absolute Gasteiger partial charge is 0.353 e. The van der Waals surface area contributed by atoms with Crippen molar-refractivity contribution in [1.82, 2.24) is 15.0 Å². The molecule has 1 aliphatic heterocycles. The standard InChI is InChI=1S/C26H21F6N5/c27-25(28,29)19-15-18(9-8-17-5-2-1-3-6-17)22-21(16-19)34-24(35-22)37-13-11-36(12-14-37)23-20(26(30,31)32)7-4-10-33-23/h1-10,15-16H,11-14H2,(H,34,35). The van der Waals surface area contributed by atoms with E-state index in [2.05, 4.69) is 15.0 Å². The van der Waals surface area contributed by atoms with Crippen LogP contribution < -0.4 is 9.80 Å². The molecule has 2 aromatic carbocycles. The molecule has 192 valence electrons. The maximum Gasteiger partial charge on any atom is 0.419 e. The Hall–Kier alpha value is -4.02. The van der Waals surface area contributed by atoms with Crippen LogP contribution in [0.5, 0.6) is 0 Å². The van der Waals surface area contributed by atoms with Gasteiger partial charge in [0.05, 0.1) is 22.2 Å². The maximum absolute atomic E-state index is 13.6. The number of benzene rings is 2. The van der Waals surface area contributed by atoms with Crippen LogP contribution in [0.1, 0.15) is 22.3 Å². The summed E-state index contributed by atoms with van der Waals surface area (Å²) in [4.78, 5) is 14.8. The summed E-state index contributed by atoms with van der Waals surface area (Å²) in [5.41, 5.74) is 0.143. The van der Waals surface area contributed by atoms with Crippen LogP contribution in [-0.4, -0.2) is 41.1 Å².